The topological polar surface area (TPSA) is 121 Å². The zero-order chi connectivity index (χ0) is 27.7. The molecule has 0 saturated heterocycles. The Morgan fingerprint density at radius 3 is 2.74 bits per heavy atom. The molecule has 1 fully saturated rings. The van der Waals surface area contributed by atoms with Crippen molar-refractivity contribution in [3.8, 4) is 6.07 Å². The first kappa shape index (κ1) is 26.6. The van der Waals surface area contributed by atoms with Crippen LogP contribution in [0.1, 0.15) is 69.4 Å². The number of hydrogen-bond donors (Lipinski definition) is 3. The van der Waals surface area contributed by atoms with Gasteiger partial charge < -0.3 is 16.0 Å². The summed E-state index contributed by atoms with van der Waals surface area (Å²) in [4.78, 5) is 16.4. The maximum atomic E-state index is 11.7. The molecule has 1 saturated carbocycles. The normalized spacial score (nSPS) is 14.1. The Morgan fingerprint density at radius 2 is 2.05 bits per heavy atom. The summed E-state index contributed by atoms with van der Waals surface area (Å²) >= 11 is 3.67. The van der Waals surface area contributed by atoms with Crippen molar-refractivity contribution in [1.29, 1.82) is 5.26 Å². The fourth-order valence-electron chi connectivity index (χ4n) is 4.43. The van der Waals surface area contributed by atoms with Gasteiger partial charge in [-0.25, -0.2) is 4.68 Å². The van der Waals surface area contributed by atoms with Crippen molar-refractivity contribution in [3.05, 3.63) is 70.1 Å². The summed E-state index contributed by atoms with van der Waals surface area (Å²) in [7, 11) is 0. The zero-order valence-corrected chi connectivity index (χ0v) is 24.0. The number of amides is 1. The molecule has 0 aliphatic heterocycles. The molecule has 39 heavy (non-hydrogen) atoms. The smallest absolute Gasteiger partial charge is 0.221 e. The standard InChI is InChI=1S/C29H31BrN8O/c1-17(39)34-21-7-5-6-18(10-21)27(25-15-38(37-36-25)22-8-9-22)35-24-12-20(30)11-23-26(33-16-29(2,3)4)19(13-31)14-32-28(23)24/h5-7,10-12,14-15,22,27,35H,8-9,16H2,1-4H3,(H,32,33)(H,34,39)/t27-/m0/s1. The Bertz CT molecular complexity index is 1580. The van der Waals surface area contributed by atoms with Crippen LogP contribution in [0.25, 0.3) is 10.9 Å². The third-order valence-electron chi connectivity index (χ3n) is 6.44. The predicted molar refractivity (Wildman–Crippen MR) is 157 cm³/mol. The van der Waals surface area contributed by atoms with Crippen molar-refractivity contribution in [2.24, 2.45) is 5.41 Å². The molecule has 2 aromatic carbocycles. The summed E-state index contributed by atoms with van der Waals surface area (Å²) in [5, 5.41) is 29.6. The Hall–Kier alpha value is -3.97. The van der Waals surface area contributed by atoms with Gasteiger partial charge in [0.05, 0.1) is 40.7 Å². The molecule has 9 nitrogen and oxygen atoms in total. The third kappa shape index (κ3) is 6.20. The summed E-state index contributed by atoms with van der Waals surface area (Å²) in [6, 6.07) is 14.0. The molecule has 5 rings (SSSR count). The van der Waals surface area contributed by atoms with Crippen LogP contribution in [-0.2, 0) is 4.79 Å². The van der Waals surface area contributed by atoms with Gasteiger partial charge in [-0.15, -0.1) is 5.10 Å². The first-order valence-corrected chi connectivity index (χ1v) is 13.7. The molecule has 3 N–H and O–H groups in total. The fraction of sp³-hybridized carbons (Fsp3) is 0.345. The van der Waals surface area contributed by atoms with Gasteiger partial charge in [0.1, 0.15) is 11.8 Å². The highest BCUT2D eigenvalue weighted by Gasteiger charge is 2.27. The van der Waals surface area contributed by atoms with Crippen molar-refractivity contribution in [2.45, 2.75) is 52.6 Å². The van der Waals surface area contributed by atoms with Gasteiger partial charge in [0, 0.05) is 35.2 Å². The highest BCUT2D eigenvalue weighted by Crippen LogP contribution is 2.38. The average molecular weight is 588 g/mol. The highest BCUT2D eigenvalue weighted by atomic mass is 79.9. The van der Waals surface area contributed by atoms with E-state index in [2.05, 4.69) is 69.0 Å². The molecule has 0 bridgehead atoms. The molecule has 0 unspecified atom stereocenters. The van der Waals surface area contributed by atoms with Gasteiger partial charge in [0.15, 0.2) is 0 Å². The minimum atomic E-state index is -0.368. The predicted octanol–water partition coefficient (Wildman–Crippen LogP) is 6.41. The van der Waals surface area contributed by atoms with Gasteiger partial charge in [-0.05, 0) is 48.1 Å². The average Bonchev–Trinajstić information content (AvgIpc) is 3.61. The Balaban J connectivity index is 1.61. The van der Waals surface area contributed by atoms with Crippen LogP contribution in [0.4, 0.5) is 17.1 Å². The number of benzene rings is 2. The molecule has 2 heterocycles. The number of anilines is 3. The molecule has 200 valence electrons. The van der Waals surface area contributed by atoms with Crippen LogP contribution < -0.4 is 16.0 Å². The van der Waals surface area contributed by atoms with Crippen LogP contribution >= 0.6 is 15.9 Å². The van der Waals surface area contributed by atoms with E-state index >= 15 is 0 Å². The van der Waals surface area contributed by atoms with Crippen LogP contribution in [-0.4, -0.2) is 32.4 Å². The Morgan fingerprint density at radius 1 is 1.26 bits per heavy atom. The van der Waals surface area contributed by atoms with Gasteiger partial charge in [-0.1, -0.05) is 54.0 Å². The summed E-state index contributed by atoms with van der Waals surface area (Å²) in [6.07, 6.45) is 5.80. The van der Waals surface area contributed by atoms with E-state index in [1.54, 1.807) is 6.20 Å². The monoisotopic (exact) mass is 586 g/mol. The van der Waals surface area contributed by atoms with E-state index in [0.717, 1.165) is 50.8 Å². The number of halogens is 1. The highest BCUT2D eigenvalue weighted by molar-refractivity contribution is 9.10. The number of nitrogens with zero attached hydrogens (tertiary/aromatic N) is 5. The van der Waals surface area contributed by atoms with Gasteiger partial charge in [-0.3, -0.25) is 9.78 Å². The van der Waals surface area contributed by atoms with Crippen molar-refractivity contribution in [1.82, 2.24) is 20.0 Å². The summed E-state index contributed by atoms with van der Waals surface area (Å²) in [5.74, 6) is -0.137. The fourth-order valence-corrected chi connectivity index (χ4v) is 4.89. The number of hydrogen-bond acceptors (Lipinski definition) is 7. The van der Waals surface area contributed by atoms with E-state index in [4.69, 9.17) is 4.98 Å². The number of fused-ring (bicyclic) bond motifs is 1. The number of aromatic nitrogens is 4. The van der Waals surface area contributed by atoms with Gasteiger partial charge in [0.25, 0.3) is 0 Å². The number of rotatable bonds is 8. The van der Waals surface area contributed by atoms with Crippen LogP contribution in [0.3, 0.4) is 0 Å². The van der Waals surface area contributed by atoms with E-state index in [1.165, 1.54) is 6.92 Å². The molecule has 4 aromatic rings. The minimum absolute atomic E-state index is 0.0206. The molecular weight excluding hydrogens is 556 g/mol. The van der Waals surface area contributed by atoms with Crippen molar-refractivity contribution in [2.75, 3.05) is 22.5 Å². The zero-order valence-electron chi connectivity index (χ0n) is 22.4. The van der Waals surface area contributed by atoms with Crippen molar-refractivity contribution in [3.63, 3.8) is 0 Å². The second-order valence-corrected chi connectivity index (χ2v) is 12.1. The van der Waals surface area contributed by atoms with Crippen molar-refractivity contribution >= 4 is 49.8 Å². The second kappa shape index (κ2) is 10.7. The maximum Gasteiger partial charge on any atom is 0.221 e. The molecule has 0 spiro atoms. The quantitative estimate of drug-likeness (QED) is 0.218. The number of pyridine rings is 1. The summed E-state index contributed by atoms with van der Waals surface area (Å²) < 4.78 is 2.77. The number of nitrogens with one attached hydrogen (secondary N) is 3. The molecule has 1 aliphatic rings. The summed E-state index contributed by atoms with van der Waals surface area (Å²) in [5.41, 5.74) is 5.14. The molecule has 10 heteroatoms. The lowest BCUT2D eigenvalue weighted by Crippen LogP contribution is -2.20. The van der Waals surface area contributed by atoms with E-state index in [1.807, 2.05) is 47.3 Å². The van der Waals surface area contributed by atoms with Crippen molar-refractivity contribution < 1.29 is 4.79 Å². The third-order valence-corrected chi connectivity index (χ3v) is 6.89. The van der Waals surface area contributed by atoms with Crippen LogP contribution in [0.15, 0.2) is 53.3 Å². The largest absolute Gasteiger partial charge is 0.383 e. The lowest BCUT2D eigenvalue weighted by atomic mass is 9.96. The van der Waals surface area contributed by atoms with E-state index in [9.17, 15) is 10.1 Å². The second-order valence-electron chi connectivity index (χ2n) is 11.2. The molecular formula is C29H31BrN8O. The lowest BCUT2D eigenvalue weighted by Gasteiger charge is -2.23. The first-order valence-electron chi connectivity index (χ1n) is 12.9. The number of carbonyl (C=O) groups excluding carboxylic acids is 1. The van der Waals surface area contributed by atoms with E-state index < -0.39 is 0 Å². The maximum absolute atomic E-state index is 11.7. The van der Waals surface area contributed by atoms with Crippen LogP contribution in [0.2, 0.25) is 0 Å². The summed E-state index contributed by atoms with van der Waals surface area (Å²) in [6.45, 7) is 8.62. The van der Waals surface area contributed by atoms with Crippen LogP contribution in [0.5, 0.6) is 0 Å². The lowest BCUT2D eigenvalue weighted by molar-refractivity contribution is -0.114. The molecule has 1 aliphatic carbocycles. The van der Waals surface area contributed by atoms with Gasteiger partial charge in [0.2, 0.25) is 5.91 Å². The number of nitriles is 1. The molecule has 1 amide bonds. The SMILES string of the molecule is CC(=O)Nc1cccc([C@H](Nc2cc(Br)cc3c(NCC(C)(C)C)c(C#N)cnc23)c2cn(C3CC3)nn2)c1. The van der Waals surface area contributed by atoms with Gasteiger partial charge in [-0.2, -0.15) is 5.26 Å². The Kier molecular flexibility index (Phi) is 7.28. The molecule has 1 atom stereocenters. The minimum Gasteiger partial charge on any atom is -0.383 e. The Labute approximate surface area is 236 Å². The first-order chi connectivity index (χ1) is 18.6. The molecule has 0 radical (unpaired) electrons. The molecule has 2 aromatic heterocycles. The van der Waals surface area contributed by atoms with Gasteiger partial charge >= 0.3 is 0 Å². The van der Waals surface area contributed by atoms with E-state index in [-0.39, 0.29) is 17.4 Å². The van der Waals surface area contributed by atoms with Crippen LogP contribution in [0, 0.1) is 16.7 Å². The number of carbonyl (C=O) groups is 1. The van der Waals surface area contributed by atoms with E-state index in [0.29, 0.717) is 23.8 Å².